The summed E-state index contributed by atoms with van der Waals surface area (Å²) in [6.45, 7) is 8.96. The van der Waals surface area contributed by atoms with Gasteiger partial charge in [-0.15, -0.1) is 0 Å². The highest BCUT2D eigenvalue weighted by Crippen LogP contribution is 2.18. The summed E-state index contributed by atoms with van der Waals surface area (Å²) in [5.41, 5.74) is 1.70. The summed E-state index contributed by atoms with van der Waals surface area (Å²) >= 11 is 0. The van der Waals surface area contributed by atoms with E-state index >= 15 is 0 Å². The van der Waals surface area contributed by atoms with Gasteiger partial charge in [0.15, 0.2) is 5.65 Å². The zero-order valence-corrected chi connectivity index (χ0v) is 14.6. The second-order valence-corrected chi connectivity index (χ2v) is 8.37. The van der Waals surface area contributed by atoms with Crippen LogP contribution in [0.3, 0.4) is 0 Å². The Labute approximate surface area is 132 Å². The van der Waals surface area contributed by atoms with Crippen LogP contribution in [0, 0.1) is 5.92 Å². The molecule has 7 heteroatoms. The van der Waals surface area contributed by atoms with Crippen molar-refractivity contribution in [1.82, 2.24) is 19.1 Å². The Kier molecular flexibility index (Phi) is 4.87. The fraction of sp³-hybridized carbons (Fsp3) is 0.600. The van der Waals surface area contributed by atoms with Crippen molar-refractivity contribution >= 4 is 21.1 Å². The number of rotatable bonds is 6. The molecule has 22 heavy (non-hydrogen) atoms. The molecule has 0 unspecified atom stereocenters. The van der Waals surface area contributed by atoms with Crippen LogP contribution in [0.1, 0.15) is 39.3 Å². The lowest BCUT2D eigenvalue weighted by molar-refractivity contribution is 0.364. The number of pyridine rings is 1. The molecule has 0 fully saturated rings. The monoisotopic (exact) mass is 324 g/mol. The first-order valence-corrected chi connectivity index (χ1v) is 9.30. The Morgan fingerprint density at radius 2 is 1.91 bits per heavy atom. The fourth-order valence-electron chi connectivity index (χ4n) is 2.38. The molecule has 0 amide bonds. The summed E-state index contributed by atoms with van der Waals surface area (Å²) in [5.74, 6) is 0.273. The molecule has 6 nitrogen and oxygen atoms in total. The smallest absolute Gasteiger partial charge is 0.211 e. The van der Waals surface area contributed by atoms with E-state index in [9.17, 15) is 8.42 Å². The van der Waals surface area contributed by atoms with Crippen LogP contribution in [-0.4, -0.2) is 40.3 Å². The number of fused-ring (bicyclic) bond motifs is 1. The molecule has 0 radical (unpaired) electrons. The van der Waals surface area contributed by atoms with Crippen LogP contribution in [0.2, 0.25) is 0 Å². The predicted molar refractivity (Wildman–Crippen MR) is 88.0 cm³/mol. The third-order valence-corrected chi connectivity index (χ3v) is 4.59. The van der Waals surface area contributed by atoms with Crippen molar-refractivity contribution in [3.05, 3.63) is 24.0 Å². The molecule has 0 aliphatic carbocycles. The standard InChI is InChI=1S/C15H24N4O2S/c1-11(2)9-18(22(5,20)21)10-13-6-14-8-17-19(12(3)4)15(14)16-7-13/h6-8,11-12H,9-10H2,1-5H3. The average Bonchev–Trinajstić information content (AvgIpc) is 2.79. The first-order chi connectivity index (χ1) is 10.2. The van der Waals surface area contributed by atoms with E-state index in [4.69, 9.17) is 0 Å². The Hall–Kier alpha value is -1.47. The molecule has 0 aliphatic heterocycles. The van der Waals surface area contributed by atoms with Crippen molar-refractivity contribution < 1.29 is 8.42 Å². The maximum Gasteiger partial charge on any atom is 0.211 e. The summed E-state index contributed by atoms with van der Waals surface area (Å²) in [6, 6.07) is 2.21. The van der Waals surface area contributed by atoms with Gasteiger partial charge < -0.3 is 0 Å². The Morgan fingerprint density at radius 1 is 1.23 bits per heavy atom. The lowest BCUT2D eigenvalue weighted by Gasteiger charge is -2.21. The zero-order chi connectivity index (χ0) is 16.5. The molecule has 0 saturated heterocycles. The van der Waals surface area contributed by atoms with Gasteiger partial charge in [-0.2, -0.15) is 9.40 Å². The Morgan fingerprint density at radius 3 is 2.45 bits per heavy atom. The number of sulfonamides is 1. The topological polar surface area (TPSA) is 68.1 Å². The van der Waals surface area contributed by atoms with Gasteiger partial charge in [0.25, 0.3) is 0 Å². The van der Waals surface area contributed by atoms with Crippen molar-refractivity contribution in [2.75, 3.05) is 12.8 Å². The fourth-order valence-corrected chi connectivity index (χ4v) is 3.33. The highest BCUT2D eigenvalue weighted by Gasteiger charge is 2.19. The molecule has 2 aromatic rings. The highest BCUT2D eigenvalue weighted by molar-refractivity contribution is 7.88. The van der Waals surface area contributed by atoms with E-state index in [0.29, 0.717) is 13.1 Å². The molecule has 0 N–H and O–H groups in total. The minimum atomic E-state index is -3.23. The van der Waals surface area contributed by atoms with Gasteiger partial charge >= 0.3 is 0 Å². The van der Waals surface area contributed by atoms with Crippen molar-refractivity contribution in [3.8, 4) is 0 Å². The Balaban J connectivity index is 2.30. The molecule has 122 valence electrons. The molecule has 0 saturated carbocycles. The van der Waals surface area contributed by atoms with Gasteiger partial charge in [-0.05, 0) is 31.4 Å². The van der Waals surface area contributed by atoms with Crippen LogP contribution < -0.4 is 0 Å². The summed E-state index contributed by atoms with van der Waals surface area (Å²) in [6.07, 6.45) is 4.76. The minimum absolute atomic E-state index is 0.240. The van der Waals surface area contributed by atoms with Crippen LogP contribution >= 0.6 is 0 Å². The third-order valence-electron chi connectivity index (χ3n) is 3.38. The van der Waals surface area contributed by atoms with Gasteiger partial charge in [0.05, 0.1) is 12.5 Å². The molecule has 2 aromatic heterocycles. The molecule has 0 aliphatic rings. The SMILES string of the molecule is CC(C)CN(Cc1cnc2c(cnn2C(C)C)c1)S(C)(=O)=O. The van der Waals surface area contributed by atoms with E-state index in [1.54, 1.807) is 12.4 Å². The van der Waals surface area contributed by atoms with E-state index in [1.165, 1.54) is 10.6 Å². The lowest BCUT2D eigenvalue weighted by Crippen LogP contribution is -2.32. The molecule has 0 aromatic carbocycles. The van der Waals surface area contributed by atoms with Gasteiger partial charge in [0.2, 0.25) is 10.0 Å². The van der Waals surface area contributed by atoms with Crippen LogP contribution in [0.4, 0.5) is 0 Å². The first-order valence-electron chi connectivity index (χ1n) is 7.45. The number of hydrogen-bond acceptors (Lipinski definition) is 4. The summed E-state index contributed by atoms with van der Waals surface area (Å²) in [4.78, 5) is 4.46. The zero-order valence-electron chi connectivity index (χ0n) is 13.8. The number of nitrogens with zero attached hydrogens (tertiary/aromatic N) is 4. The average molecular weight is 324 g/mol. The van der Waals surface area contributed by atoms with Gasteiger partial charge in [-0.25, -0.2) is 18.1 Å². The van der Waals surface area contributed by atoms with Crippen molar-refractivity contribution in [1.29, 1.82) is 0 Å². The molecule has 2 heterocycles. The van der Waals surface area contributed by atoms with Gasteiger partial charge in [0, 0.05) is 30.7 Å². The van der Waals surface area contributed by atoms with Crippen LogP contribution in [-0.2, 0) is 16.6 Å². The van der Waals surface area contributed by atoms with Crippen molar-refractivity contribution in [2.45, 2.75) is 40.3 Å². The molecular formula is C15H24N4O2S. The molecule has 0 bridgehead atoms. The van der Waals surface area contributed by atoms with Crippen LogP contribution in [0.25, 0.3) is 11.0 Å². The number of aromatic nitrogens is 3. The van der Waals surface area contributed by atoms with Crippen molar-refractivity contribution in [3.63, 3.8) is 0 Å². The summed E-state index contributed by atoms with van der Waals surface area (Å²) in [7, 11) is -3.23. The minimum Gasteiger partial charge on any atom is -0.245 e. The predicted octanol–water partition coefficient (Wildman–Crippen LogP) is 2.43. The maximum absolute atomic E-state index is 11.9. The van der Waals surface area contributed by atoms with Crippen molar-refractivity contribution in [2.24, 2.45) is 5.92 Å². The van der Waals surface area contributed by atoms with E-state index in [0.717, 1.165) is 16.6 Å². The second kappa shape index (κ2) is 6.34. The van der Waals surface area contributed by atoms with E-state index in [-0.39, 0.29) is 12.0 Å². The third kappa shape index (κ3) is 3.84. The largest absolute Gasteiger partial charge is 0.245 e. The molecule has 2 rings (SSSR count). The van der Waals surface area contributed by atoms with Crippen LogP contribution in [0.5, 0.6) is 0 Å². The first kappa shape index (κ1) is 16.9. The molecule has 0 spiro atoms. The van der Waals surface area contributed by atoms with E-state index < -0.39 is 10.0 Å². The summed E-state index contributed by atoms with van der Waals surface area (Å²) in [5, 5.41) is 5.27. The summed E-state index contributed by atoms with van der Waals surface area (Å²) < 4.78 is 27.2. The van der Waals surface area contributed by atoms with Gasteiger partial charge in [-0.3, -0.25) is 0 Å². The van der Waals surface area contributed by atoms with E-state index in [1.807, 2.05) is 24.6 Å². The quantitative estimate of drug-likeness (QED) is 0.818. The van der Waals surface area contributed by atoms with Gasteiger partial charge in [0.1, 0.15) is 0 Å². The second-order valence-electron chi connectivity index (χ2n) is 6.39. The Bertz CT molecular complexity index is 750. The van der Waals surface area contributed by atoms with Gasteiger partial charge in [-0.1, -0.05) is 13.8 Å². The lowest BCUT2D eigenvalue weighted by atomic mass is 10.2. The molecule has 0 atom stereocenters. The normalized spacial score (nSPS) is 12.9. The highest BCUT2D eigenvalue weighted by atomic mass is 32.2. The maximum atomic E-state index is 11.9. The van der Waals surface area contributed by atoms with Crippen LogP contribution in [0.15, 0.2) is 18.5 Å². The molecular weight excluding hydrogens is 300 g/mol. The number of hydrogen-bond donors (Lipinski definition) is 0. The van der Waals surface area contributed by atoms with E-state index in [2.05, 4.69) is 23.9 Å².